The summed E-state index contributed by atoms with van der Waals surface area (Å²) in [7, 11) is 1.63. The SMILES string of the molecule is CNC(=O)c1cccc(-c2ccc3c(N4CCOC[C@@H]4C)nc(N4C[C@@]5(CCOC5)OC[C@@H]4C)nc3n2)c1. The summed E-state index contributed by atoms with van der Waals surface area (Å²) in [6.07, 6.45) is 0.862. The molecule has 2 aromatic heterocycles. The fourth-order valence-electron chi connectivity index (χ4n) is 5.49. The number of carbonyl (C=O) groups is 1. The molecule has 200 valence electrons. The Balaban J connectivity index is 1.46. The van der Waals surface area contributed by atoms with Gasteiger partial charge in [0.2, 0.25) is 5.95 Å². The van der Waals surface area contributed by atoms with E-state index in [9.17, 15) is 4.79 Å². The zero-order valence-electron chi connectivity index (χ0n) is 22.1. The average molecular weight is 519 g/mol. The van der Waals surface area contributed by atoms with Crippen molar-refractivity contribution < 1.29 is 19.0 Å². The number of amides is 1. The number of fused-ring (bicyclic) bond motifs is 1. The van der Waals surface area contributed by atoms with Gasteiger partial charge in [0.05, 0.1) is 56.1 Å². The fourth-order valence-corrected chi connectivity index (χ4v) is 5.49. The van der Waals surface area contributed by atoms with Crippen molar-refractivity contribution in [3.05, 3.63) is 42.0 Å². The van der Waals surface area contributed by atoms with Crippen LogP contribution in [-0.4, -0.2) is 91.7 Å². The first-order chi connectivity index (χ1) is 18.5. The highest BCUT2D eigenvalue weighted by molar-refractivity contribution is 5.95. The van der Waals surface area contributed by atoms with Gasteiger partial charge in [-0.1, -0.05) is 12.1 Å². The molecule has 10 nitrogen and oxygen atoms in total. The Morgan fingerprint density at radius 1 is 1.03 bits per heavy atom. The van der Waals surface area contributed by atoms with Gasteiger partial charge < -0.3 is 29.3 Å². The van der Waals surface area contributed by atoms with Crippen LogP contribution in [0.4, 0.5) is 11.8 Å². The lowest BCUT2D eigenvalue weighted by Gasteiger charge is -2.43. The number of ether oxygens (including phenoxy) is 3. The Bertz CT molecular complexity index is 1340. The van der Waals surface area contributed by atoms with E-state index in [1.165, 1.54) is 0 Å². The molecule has 10 heteroatoms. The van der Waals surface area contributed by atoms with Crippen LogP contribution in [0.2, 0.25) is 0 Å². The maximum Gasteiger partial charge on any atom is 0.251 e. The van der Waals surface area contributed by atoms with Crippen molar-refractivity contribution in [2.75, 3.05) is 63.0 Å². The summed E-state index contributed by atoms with van der Waals surface area (Å²) in [4.78, 5) is 31.9. The minimum absolute atomic E-state index is 0.112. The van der Waals surface area contributed by atoms with Crippen LogP contribution in [0.15, 0.2) is 36.4 Å². The largest absolute Gasteiger partial charge is 0.378 e. The first-order valence-corrected chi connectivity index (χ1v) is 13.3. The minimum atomic E-state index is -0.327. The normalized spacial score (nSPS) is 25.8. The standard InChI is InChI=1S/C28H34N6O4/c1-18-14-36-12-10-33(18)25-22-7-8-23(20-5-4-6-21(13-20)26(35)29-3)30-24(22)31-27(32-25)34-16-28(9-11-37-17-28)38-15-19(34)2/h4-8,13,18-19H,9-12,14-17H2,1-3H3,(H,29,35)/t18-,19-,28+/m0/s1. The molecule has 38 heavy (non-hydrogen) atoms. The number of anilines is 2. The molecular formula is C28H34N6O4. The monoisotopic (exact) mass is 518 g/mol. The minimum Gasteiger partial charge on any atom is -0.378 e. The van der Waals surface area contributed by atoms with Gasteiger partial charge in [-0.3, -0.25) is 4.79 Å². The van der Waals surface area contributed by atoms with Crippen molar-refractivity contribution in [3.8, 4) is 11.3 Å². The Hall–Kier alpha value is -3.34. The summed E-state index contributed by atoms with van der Waals surface area (Å²) in [6, 6.07) is 11.8. The molecule has 0 unspecified atom stereocenters. The number of hydrogen-bond donors (Lipinski definition) is 1. The average Bonchev–Trinajstić information content (AvgIpc) is 3.41. The van der Waals surface area contributed by atoms with Crippen LogP contribution in [0.1, 0.15) is 30.6 Å². The van der Waals surface area contributed by atoms with Gasteiger partial charge in [-0.25, -0.2) is 4.98 Å². The highest BCUT2D eigenvalue weighted by atomic mass is 16.6. The molecular weight excluding hydrogens is 484 g/mol. The van der Waals surface area contributed by atoms with Crippen molar-refractivity contribution in [1.82, 2.24) is 20.3 Å². The van der Waals surface area contributed by atoms with Crippen molar-refractivity contribution in [2.45, 2.75) is 38.0 Å². The van der Waals surface area contributed by atoms with Crippen LogP contribution in [0, 0.1) is 0 Å². The second-order valence-corrected chi connectivity index (χ2v) is 10.5. The van der Waals surface area contributed by atoms with Crippen molar-refractivity contribution in [3.63, 3.8) is 0 Å². The molecule has 1 amide bonds. The van der Waals surface area contributed by atoms with Crippen molar-refractivity contribution in [1.29, 1.82) is 0 Å². The van der Waals surface area contributed by atoms with Gasteiger partial charge in [0.25, 0.3) is 5.91 Å². The molecule has 3 atom stereocenters. The maximum absolute atomic E-state index is 12.2. The summed E-state index contributed by atoms with van der Waals surface area (Å²) >= 11 is 0. The molecule has 3 saturated heterocycles. The predicted molar refractivity (Wildman–Crippen MR) is 145 cm³/mol. The molecule has 0 bridgehead atoms. The molecule has 6 rings (SSSR count). The summed E-state index contributed by atoms with van der Waals surface area (Å²) in [5.74, 6) is 1.39. The van der Waals surface area contributed by atoms with Gasteiger partial charge in [0, 0.05) is 37.7 Å². The van der Waals surface area contributed by atoms with Gasteiger partial charge in [-0.2, -0.15) is 9.97 Å². The molecule has 1 aromatic carbocycles. The molecule has 0 aliphatic carbocycles. The number of carbonyl (C=O) groups excluding carboxylic acids is 1. The van der Waals surface area contributed by atoms with Crippen LogP contribution in [0.25, 0.3) is 22.3 Å². The van der Waals surface area contributed by atoms with E-state index in [0.717, 1.165) is 35.4 Å². The van der Waals surface area contributed by atoms with Gasteiger partial charge >= 0.3 is 0 Å². The van der Waals surface area contributed by atoms with Gasteiger partial charge in [-0.05, 0) is 38.1 Å². The lowest BCUT2D eigenvalue weighted by atomic mass is 9.99. The predicted octanol–water partition coefficient (Wildman–Crippen LogP) is 2.66. The fraction of sp³-hybridized carbons (Fsp3) is 0.500. The molecule has 3 aliphatic rings. The van der Waals surface area contributed by atoms with Gasteiger partial charge in [0.15, 0.2) is 5.65 Å². The Labute approximate surface area is 222 Å². The third-order valence-electron chi connectivity index (χ3n) is 7.76. The van der Waals surface area contributed by atoms with Crippen LogP contribution in [-0.2, 0) is 14.2 Å². The molecule has 3 aliphatic heterocycles. The van der Waals surface area contributed by atoms with Crippen LogP contribution in [0.5, 0.6) is 0 Å². The molecule has 1 spiro atoms. The van der Waals surface area contributed by atoms with Crippen LogP contribution >= 0.6 is 0 Å². The van der Waals surface area contributed by atoms with E-state index in [1.54, 1.807) is 13.1 Å². The van der Waals surface area contributed by atoms with Gasteiger partial charge in [0.1, 0.15) is 11.4 Å². The third kappa shape index (κ3) is 4.57. The maximum atomic E-state index is 12.2. The highest BCUT2D eigenvalue weighted by Crippen LogP contribution is 2.35. The first-order valence-electron chi connectivity index (χ1n) is 13.3. The number of rotatable bonds is 4. The lowest BCUT2D eigenvalue weighted by molar-refractivity contribution is -0.0704. The number of benzene rings is 1. The van der Waals surface area contributed by atoms with Gasteiger partial charge in [-0.15, -0.1) is 0 Å². The van der Waals surface area contributed by atoms with E-state index in [-0.39, 0.29) is 23.6 Å². The molecule has 0 radical (unpaired) electrons. The Morgan fingerprint density at radius 3 is 2.68 bits per heavy atom. The Morgan fingerprint density at radius 2 is 1.89 bits per heavy atom. The number of hydrogen-bond acceptors (Lipinski definition) is 9. The van der Waals surface area contributed by atoms with E-state index in [0.29, 0.717) is 56.7 Å². The first kappa shape index (κ1) is 25.0. The second-order valence-electron chi connectivity index (χ2n) is 10.5. The number of aromatic nitrogens is 3. The highest BCUT2D eigenvalue weighted by Gasteiger charge is 2.43. The quantitative estimate of drug-likeness (QED) is 0.558. The zero-order chi connectivity index (χ0) is 26.3. The Kier molecular flexibility index (Phi) is 6.63. The van der Waals surface area contributed by atoms with E-state index in [4.69, 9.17) is 29.2 Å². The lowest BCUT2D eigenvalue weighted by Crippen LogP contribution is -2.57. The summed E-state index contributed by atoms with van der Waals surface area (Å²) in [5, 5.41) is 3.58. The molecule has 3 fully saturated rings. The number of morpholine rings is 2. The number of pyridine rings is 1. The zero-order valence-corrected chi connectivity index (χ0v) is 22.1. The van der Waals surface area contributed by atoms with E-state index >= 15 is 0 Å². The summed E-state index contributed by atoms with van der Waals surface area (Å²) in [5.41, 5.74) is 2.50. The van der Waals surface area contributed by atoms with E-state index < -0.39 is 0 Å². The van der Waals surface area contributed by atoms with E-state index in [1.807, 2.05) is 30.3 Å². The third-order valence-corrected chi connectivity index (χ3v) is 7.76. The molecule has 0 saturated carbocycles. The molecule has 3 aromatic rings. The second kappa shape index (κ2) is 10.1. The van der Waals surface area contributed by atoms with Crippen LogP contribution in [0.3, 0.4) is 0 Å². The number of nitrogens with one attached hydrogen (secondary N) is 1. The van der Waals surface area contributed by atoms with Crippen LogP contribution < -0.4 is 15.1 Å². The van der Waals surface area contributed by atoms with Crippen molar-refractivity contribution in [2.24, 2.45) is 0 Å². The molecule has 5 heterocycles. The van der Waals surface area contributed by atoms with Crippen molar-refractivity contribution >= 4 is 28.7 Å². The summed E-state index contributed by atoms with van der Waals surface area (Å²) < 4.78 is 17.7. The number of nitrogens with zero attached hydrogens (tertiary/aromatic N) is 5. The van der Waals surface area contributed by atoms with E-state index in [2.05, 4.69) is 29.0 Å². The summed E-state index contributed by atoms with van der Waals surface area (Å²) in [6.45, 7) is 8.89. The smallest absolute Gasteiger partial charge is 0.251 e. The topological polar surface area (TPSA) is 102 Å². The molecule has 1 N–H and O–H groups in total.